The van der Waals surface area contributed by atoms with Crippen LogP contribution >= 0.6 is 37.2 Å². The molecule has 0 saturated carbocycles. The van der Waals surface area contributed by atoms with E-state index < -0.39 is 0 Å². The van der Waals surface area contributed by atoms with Crippen molar-refractivity contribution in [3.63, 3.8) is 0 Å². The summed E-state index contributed by atoms with van der Waals surface area (Å²) in [5.41, 5.74) is 0. The molecule has 0 N–H and O–H groups in total. The molecule has 21 heavy (non-hydrogen) atoms. The topological polar surface area (TPSA) is 0 Å². The highest BCUT2D eigenvalue weighted by Gasteiger charge is 1.59. The lowest BCUT2D eigenvalue weighted by Gasteiger charge is -1.69. The van der Waals surface area contributed by atoms with Crippen molar-refractivity contribution < 1.29 is 0 Å². The van der Waals surface area contributed by atoms with Gasteiger partial charge in [-0.1, -0.05) is 109 Å². The predicted molar refractivity (Wildman–Crippen MR) is 101 cm³/mol. The van der Waals surface area contributed by atoms with Gasteiger partial charge in [0, 0.05) is 0 Å². The summed E-state index contributed by atoms with van der Waals surface area (Å²) in [5.74, 6) is 0. The van der Waals surface area contributed by atoms with E-state index in [1.807, 2.05) is 109 Å². The van der Waals surface area contributed by atoms with Crippen molar-refractivity contribution in [2.75, 3.05) is 0 Å². The maximum atomic E-state index is 2.00. The SMILES string of the molecule is Cl.Cl.Cl.c1ccccc1.c1ccccc1.c1ccccc1. The number of halogens is 3. The monoisotopic (exact) mass is 342 g/mol. The van der Waals surface area contributed by atoms with E-state index in [1.54, 1.807) is 0 Å². The van der Waals surface area contributed by atoms with Crippen LogP contribution in [0.2, 0.25) is 0 Å². The first-order chi connectivity index (χ1) is 9.00. The Morgan fingerprint density at radius 1 is 0.143 bits per heavy atom. The third-order valence-electron chi connectivity index (χ3n) is 2.00. The maximum Gasteiger partial charge on any atom is -0.0623 e. The largest absolute Gasteiger partial charge is 0.147 e. The second-order valence-electron chi connectivity index (χ2n) is 3.46. The first-order valence-electron chi connectivity index (χ1n) is 6.00. The molecule has 3 aromatic rings. The number of benzene rings is 3. The van der Waals surface area contributed by atoms with E-state index in [0.29, 0.717) is 0 Å². The lowest BCUT2D eigenvalue weighted by atomic mass is 10.4. The van der Waals surface area contributed by atoms with Crippen molar-refractivity contribution in [2.24, 2.45) is 0 Å². The van der Waals surface area contributed by atoms with Crippen molar-refractivity contribution in [3.8, 4) is 0 Å². The van der Waals surface area contributed by atoms with Gasteiger partial charge in [0.25, 0.3) is 0 Å². The van der Waals surface area contributed by atoms with Gasteiger partial charge in [-0.15, -0.1) is 37.2 Å². The van der Waals surface area contributed by atoms with Gasteiger partial charge in [0.05, 0.1) is 0 Å². The fourth-order valence-corrected chi connectivity index (χ4v) is 1.15. The minimum Gasteiger partial charge on any atom is -0.147 e. The zero-order chi connectivity index (χ0) is 12.7. The molecule has 0 aliphatic carbocycles. The average molecular weight is 344 g/mol. The van der Waals surface area contributed by atoms with Gasteiger partial charge in [-0.2, -0.15) is 0 Å². The second-order valence-corrected chi connectivity index (χ2v) is 3.46. The van der Waals surface area contributed by atoms with Crippen molar-refractivity contribution in [1.82, 2.24) is 0 Å². The van der Waals surface area contributed by atoms with Gasteiger partial charge in [0.15, 0.2) is 0 Å². The molecule has 3 heteroatoms. The van der Waals surface area contributed by atoms with Crippen LogP contribution in [0.4, 0.5) is 0 Å². The van der Waals surface area contributed by atoms with Crippen LogP contribution < -0.4 is 0 Å². The molecule has 3 rings (SSSR count). The van der Waals surface area contributed by atoms with E-state index in [1.165, 1.54) is 0 Å². The zero-order valence-electron chi connectivity index (χ0n) is 11.6. The molecule has 0 unspecified atom stereocenters. The Hall–Kier alpha value is -1.47. The first-order valence-corrected chi connectivity index (χ1v) is 6.00. The van der Waals surface area contributed by atoms with Crippen molar-refractivity contribution in [2.45, 2.75) is 0 Å². The molecule has 0 fully saturated rings. The van der Waals surface area contributed by atoms with Gasteiger partial charge in [0.1, 0.15) is 0 Å². The van der Waals surface area contributed by atoms with Gasteiger partial charge in [-0.05, 0) is 0 Å². The lowest BCUT2D eigenvalue weighted by molar-refractivity contribution is 1.72. The Labute approximate surface area is 146 Å². The molecule has 0 saturated heterocycles. The fraction of sp³-hybridized carbons (Fsp3) is 0. The zero-order valence-corrected chi connectivity index (χ0v) is 14.1. The predicted octanol–water partition coefficient (Wildman–Crippen LogP) is 6.33. The smallest absolute Gasteiger partial charge is 0.0623 e. The Bertz CT molecular complexity index is 303. The maximum absolute atomic E-state index is 2.00. The number of hydrogen-bond acceptors (Lipinski definition) is 0. The summed E-state index contributed by atoms with van der Waals surface area (Å²) in [5, 5.41) is 0. The van der Waals surface area contributed by atoms with Crippen LogP contribution in [-0.4, -0.2) is 0 Å². The molecule has 0 nitrogen and oxygen atoms in total. The molecule has 0 aliphatic rings. The number of rotatable bonds is 0. The molecule has 0 radical (unpaired) electrons. The molecular weight excluding hydrogens is 323 g/mol. The quantitative estimate of drug-likeness (QED) is 0.447. The molecule has 0 heterocycles. The third-order valence-corrected chi connectivity index (χ3v) is 2.00. The third kappa shape index (κ3) is 18.5. The summed E-state index contributed by atoms with van der Waals surface area (Å²) in [6, 6.07) is 36.0. The molecule has 0 spiro atoms. The van der Waals surface area contributed by atoms with Crippen LogP contribution in [0.15, 0.2) is 109 Å². The van der Waals surface area contributed by atoms with Crippen LogP contribution in [0, 0.1) is 0 Å². The summed E-state index contributed by atoms with van der Waals surface area (Å²) in [4.78, 5) is 0. The van der Waals surface area contributed by atoms with E-state index >= 15 is 0 Å². The molecular formula is C18H21Cl3. The van der Waals surface area contributed by atoms with E-state index in [9.17, 15) is 0 Å². The van der Waals surface area contributed by atoms with Crippen molar-refractivity contribution >= 4 is 37.2 Å². The Morgan fingerprint density at radius 3 is 0.238 bits per heavy atom. The lowest BCUT2D eigenvalue weighted by Crippen LogP contribution is -1.47. The summed E-state index contributed by atoms with van der Waals surface area (Å²) in [6.45, 7) is 0. The molecule has 0 aromatic heterocycles. The molecule has 114 valence electrons. The van der Waals surface area contributed by atoms with E-state index in [-0.39, 0.29) is 37.2 Å². The fourth-order valence-electron chi connectivity index (χ4n) is 1.15. The normalized spacial score (nSPS) is 6.86. The van der Waals surface area contributed by atoms with Crippen molar-refractivity contribution in [3.05, 3.63) is 109 Å². The summed E-state index contributed by atoms with van der Waals surface area (Å²) >= 11 is 0. The minimum absolute atomic E-state index is 0. The van der Waals surface area contributed by atoms with Crippen molar-refractivity contribution in [1.29, 1.82) is 0 Å². The van der Waals surface area contributed by atoms with E-state index in [2.05, 4.69) is 0 Å². The molecule has 0 bridgehead atoms. The van der Waals surface area contributed by atoms with Gasteiger partial charge < -0.3 is 0 Å². The Kier molecular flexibility index (Phi) is 24.4. The van der Waals surface area contributed by atoms with Gasteiger partial charge >= 0.3 is 0 Å². The van der Waals surface area contributed by atoms with E-state index in [4.69, 9.17) is 0 Å². The van der Waals surface area contributed by atoms with Crippen LogP contribution in [0.3, 0.4) is 0 Å². The van der Waals surface area contributed by atoms with Crippen LogP contribution in [0.1, 0.15) is 0 Å². The first kappa shape index (κ1) is 24.5. The van der Waals surface area contributed by atoms with E-state index in [0.717, 1.165) is 0 Å². The Balaban J connectivity index is -0.000000216. The van der Waals surface area contributed by atoms with Crippen LogP contribution in [0.5, 0.6) is 0 Å². The molecule has 0 atom stereocenters. The second kappa shape index (κ2) is 20.8. The minimum atomic E-state index is 0. The van der Waals surface area contributed by atoms with Gasteiger partial charge in [-0.3, -0.25) is 0 Å². The van der Waals surface area contributed by atoms with Gasteiger partial charge in [-0.25, -0.2) is 0 Å². The van der Waals surface area contributed by atoms with Crippen LogP contribution in [-0.2, 0) is 0 Å². The summed E-state index contributed by atoms with van der Waals surface area (Å²) < 4.78 is 0. The molecule has 3 aromatic carbocycles. The molecule has 0 amide bonds. The highest BCUT2D eigenvalue weighted by molar-refractivity contribution is 5.86. The number of hydrogen-bond donors (Lipinski definition) is 0. The van der Waals surface area contributed by atoms with Gasteiger partial charge in [0.2, 0.25) is 0 Å². The highest BCUT2D eigenvalue weighted by Crippen LogP contribution is 1.81. The standard InChI is InChI=1S/3C6H6.3ClH/c3*1-2-4-6-5-3-1;;;/h3*1-6H;3*1H. The summed E-state index contributed by atoms with van der Waals surface area (Å²) in [6.07, 6.45) is 0. The Morgan fingerprint density at radius 2 is 0.190 bits per heavy atom. The molecule has 0 aliphatic heterocycles. The summed E-state index contributed by atoms with van der Waals surface area (Å²) in [7, 11) is 0. The van der Waals surface area contributed by atoms with Crippen LogP contribution in [0.25, 0.3) is 0 Å². The highest BCUT2D eigenvalue weighted by atomic mass is 35.5. The average Bonchev–Trinajstić information content (AvgIpc) is 2.54.